The Kier molecular flexibility index (Phi) is 4.29. The molecule has 2 rings (SSSR count). The topological polar surface area (TPSA) is 43.4 Å². The second-order valence-corrected chi connectivity index (χ2v) is 5.35. The number of rotatable bonds is 5. The monoisotopic (exact) mass is 330 g/mol. The molecule has 0 saturated carbocycles. The maximum atomic E-state index is 5.71. The van der Waals surface area contributed by atoms with E-state index in [2.05, 4.69) is 26.2 Å². The van der Waals surface area contributed by atoms with Crippen molar-refractivity contribution in [2.45, 2.75) is 13.8 Å². The molecular weight excluding hydrogens is 316 g/mol. The van der Waals surface area contributed by atoms with E-state index in [1.54, 1.807) is 11.3 Å². The fraction of sp³-hybridized carbons (Fsp3) is 0.417. The molecule has 0 aliphatic carbocycles. The zero-order chi connectivity index (χ0) is 13.1. The van der Waals surface area contributed by atoms with Gasteiger partial charge < -0.3 is 14.8 Å². The molecule has 0 spiro atoms. The summed E-state index contributed by atoms with van der Waals surface area (Å²) in [6.07, 6.45) is 0. The number of nitrogens with one attached hydrogen (secondary N) is 1. The molecule has 0 aliphatic rings. The van der Waals surface area contributed by atoms with Crippen LogP contribution in [0.15, 0.2) is 10.5 Å². The molecule has 1 aromatic heterocycles. The van der Waals surface area contributed by atoms with Crippen molar-refractivity contribution in [2.75, 3.05) is 25.6 Å². The van der Waals surface area contributed by atoms with E-state index in [0.717, 1.165) is 31.3 Å². The van der Waals surface area contributed by atoms with Gasteiger partial charge in [0, 0.05) is 17.6 Å². The van der Waals surface area contributed by atoms with Crippen molar-refractivity contribution in [3.8, 4) is 11.5 Å². The van der Waals surface area contributed by atoms with Crippen LogP contribution >= 0.6 is 27.3 Å². The maximum Gasteiger partial charge on any atom is 0.183 e. The molecule has 0 saturated heterocycles. The third-order valence-electron chi connectivity index (χ3n) is 2.34. The first kappa shape index (κ1) is 13.4. The maximum absolute atomic E-state index is 5.71. The minimum Gasteiger partial charge on any atom is -0.490 e. The molecule has 0 aliphatic heterocycles. The molecule has 4 nitrogen and oxygen atoms in total. The number of nitrogens with zero attached hydrogens (tertiary/aromatic N) is 1. The highest BCUT2D eigenvalue weighted by Gasteiger charge is 2.17. The number of thiazole rings is 1. The number of fused-ring (bicyclic) bond motifs is 1. The fourth-order valence-electron chi connectivity index (χ4n) is 1.65. The first-order valence-electron chi connectivity index (χ1n) is 5.77. The van der Waals surface area contributed by atoms with Gasteiger partial charge in [-0.1, -0.05) is 11.3 Å². The van der Waals surface area contributed by atoms with Crippen LogP contribution in [-0.2, 0) is 0 Å². The fourth-order valence-corrected chi connectivity index (χ4v) is 3.21. The Morgan fingerprint density at radius 3 is 2.67 bits per heavy atom. The number of benzene rings is 1. The lowest BCUT2D eigenvalue weighted by Gasteiger charge is -2.11. The van der Waals surface area contributed by atoms with Gasteiger partial charge in [0.15, 0.2) is 16.6 Å². The molecule has 1 heterocycles. The van der Waals surface area contributed by atoms with Gasteiger partial charge >= 0.3 is 0 Å². The molecule has 18 heavy (non-hydrogen) atoms. The molecule has 0 fully saturated rings. The molecule has 0 bridgehead atoms. The van der Waals surface area contributed by atoms with E-state index in [-0.39, 0.29) is 0 Å². The Labute approximate surface area is 118 Å². The van der Waals surface area contributed by atoms with Crippen LogP contribution in [0, 0.1) is 0 Å². The van der Waals surface area contributed by atoms with Crippen molar-refractivity contribution in [3.63, 3.8) is 0 Å². The van der Waals surface area contributed by atoms with Crippen molar-refractivity contribution < 1.29 is 9.47 Å². The third kappa shape index (κ3) is 2.40. The van der Waals surface area contributed by atoms with Gasteiger partial charge in [0.05, 0.1) is 13.2 Å². The summed E-state index contributed by atoms with van der Waals surface area (Å²) < 4.78 is 13.3. The van der Waals surface area contributed by atoms with Gasteiger partial charge in [-0.25, -0.2) is 4.98 Å². The predicted molar refractivity (Wildman–Crippen MR) is 79.2 cm³/mol. The van der Waals surface area contributed by atoms with Crippen LogP contribution in [0.25, 0.3) is 10.2 Å². The van der Waals surface area contributed by atoms with E-state index in [1.165, 1.54) is 0 Å². The largest absolute Gasteiger partial charge is 0.490 e. The molecule has 0 radical (unpaired) electrons. The minimum absolute atomic E-state index is 0.601. The van der Waals surface area contributed by atoms with E-state index in [4.69, 9.17) is 9.47 Å². The normalized spacial score (nSPS) is 10.7. The van der Waals surface area contributed by atoms with Crippen molar-refractivity contribution in [2.24, 2.45) is 0 Å². The average Bonchev–Trinajstić information content (AvgIpc) is 2.79. The lowest BCUT2D eigenvalue weighted by atomic mass is 10.3. The molecule has 6 heteroatoms. The Morgan fingerprint density at radius 1 is 1.33 bits per heavy atom. The van der Waals surface area contributed by atoms with Gasteiger partial charge in [-0.15, -0.1) is 0 Å². The first-order chi connectivity index (χ1) is 8.71. The first-order valence-corrected chi connectivity index (χ1v) is 7.38. The number of anilines is 1. The lowest BCUT2D eigenvalue weighted by Crippen LogP contribution is -1.98. The Bertz CT molecular complexity index is 556. The number of hydrogen-bond donors (Lipinski definition) is 1. The Hall–Kier alpha value is -1.01. The van der Waals surface area contributed by atoms with Gasteiger partial charge in [-0.05, 0) is 29.8 Å². The van der Waals surface area contributed by atoms with Crippen molar-refractivity contribution in [1.29, 1.82) is 0 Å². The third-order valence-corrected chi connectivity index (χ3v) is 4.02. The summed E-state index contributed by atoms with van der Waals surface area (Å²) in [5, 5.41) is 3.92. The second-order valence-electron chi connectivity index (χ2n) is 3.50. The van der Waals surface area contributed by atoms with Crippen LogP contribution in [0.3, 0.4) is 0 Å². The van der Waals surface area contributed by atoms with Gasteiger partial charge in [-0.2, -0.15) is 0 Å². The Balaban J connectivity index is 2.66. The summed E-state index contributed by atoms with van der Waals surface area (Å²) in [6, 6.07) is 1.91. The van der Waals surface area contributed by atoms with Crippen LogP contribution < -0.4 is 14.8 Å². The number of hydrogen-bond acceptors (Lipinski definition) is 5. The van der Waals surface area contributed by atoms with E-state index >= 15 is 0 Å². The van der Waals surface area contributed by atoms with E-state index in [0.29, 0.717) is 13.2 Å². The van der Waals surface area contributed by atoms with Crippen LogP contribution in [-0.4, -0.2) is 25.2 Å². The van der Waals surface area contributed by atoms with Crippen LogP contribution in [0.1, 0.15) is 13.8 Å². The number of aromatic nitrogens is 1. The highest BCUT2D eigenvalue weighted by Crippen LogP contribution is 2.44. The highest BCUT2D eigenvalue weighted by atomic mass is 79.9. The zero-order valence-corrected chi connectivity index (χ0v) is 12.9. The molecule has 0 amide bonds. The summed E-state index contributed by atoms with van der Waals surface area (Å²) in [5.74, 6) is 1.53. The van der Waals surface area contributed by atoms with Gasteiger partial charge in [0.2, 0.25) is 0 Å². The van der Waals surface area contributed by atoms with E-state index in [1.807, 2.05) is 27.0 Å². The average molecular weight is 331 g/mol. The van der Waals surface area contributed by atoms with Crippen molar-refractivity contribution >= 4 is 42.6 Å². The molecule has 0 unspecified atom stereocenters. The van der Waals surface area contributed by atoms with Gasteiger partial charge in [0.1, 0.15) is 10.2 Å². The summed E-state index contributed by atoms with van der Waals surface area (Å²) in [4.78, 5) is 4.50. The van der Waals surface area contributed by atoms with Crippen molar-refractivity contribution in [1.82, 2.24) is 4.98 Å². The van der Waals surface area contributed by atoms with Crippen molar-refractivity contribution in [3.05, 3.63) is 10.5 Å². The molecule has 1 N–H and O–H groups in total. The minimum atomic E-state index is 0.601. The van der Waals surface area contributed by atoms with Gasteiger partial charge in [0.25, 0.3) is 0 Å². The highest BCUT2D eigenvalue weighted by molar-refractivity contribution is 9.10. The quantitative estimate of drug-likeness (QED) is 0.902. The summed E-state index contributed by atoms with van der Waals surface area (Å²) >= 11 is 5.09. The van der Waals surface area contributed by atoms with Gasteiger partial charge in [-0.3, -0.25) is 0 Å². The molecule has 0 atom stereocenters. The standard InChI is InChI=1S/C12H15BrN2O2S/c1-4-16-8-6-7(13)9-11(10(8)17-5-2)18-12(14-3)15-9/h6H,4-5H2,1-3H3,(H,14,15). The van der Waals surface area contributed by atoms with E-state index in [9.17, 15) is 0 Å². The molecule has 98 valence electrons. The smallest absolute Gasteiger partial charge is 0.183 e. The van der Waals surface area contributed by atoms with Crippen LogP contribution in [0.5, 0.6) is 11.5 Å². The SMILES string of the molecule is CCOc1cc(Br)c2nc(NC)sc2c1OCC. The summed E-state index contributed by atoms with van der Waals surface area (Å²) in [6.45, 7) is 5.13. The molecule has 2 aromatic rings. The zero-order valence-electron chi connectivity index (χ0n) is 10.5. The summed E-state index contributed by atoms with van der Waals surface area (Å²) in [7, 11) is 1.86. The van der Waals surface area contributed by atoms with Crippen LogP contribution in [0.4, 0.5) is 5.13 Å². The summed E-state index contributed by atoms with van der Waals surface area (Å²) in [5.41, 5.74) is 0.899. The molecular formula is C12H15BrN2O2S. The lowest BCUT2D eigenvalue weighted by molar-refractivity contribution is 0.291. The predicted octanol–water partition coefficient (Wildman–Crippen LogP) is 3.90. The van der Waals surface area contributed by atoms with Crippen LogP contribution in [0.2, 0.25) is 0 Å². The number of halogens is 1. The van der Waals surface area contributed by atoms with E-state index < -0.39 is 0 Å². The Morgan fingerprint density at radius 2 is 2.06 bits per heavy atom. The molecule has 1 aromatic carbocycles. The second kappa shape index (κ2) is 5.75. The number of ether oxygens (including phenoxy) is 2.